The number of amides is 1. The summed E-state index contributed by atoms with van der Waals surface area (Å²) in [5, 5.41) is 2.62. The van der Waals surface area contributed by atoms with Crippen LogP contribution in [0.2, 0.25) is 0 Å². The number of aromatic nitrogens is 2. The van der Waals surface area contributed by atoms with E-state index in [1.165, 1.54) is 17.3 Å². The van der Waals surface area contributed by atoms with Crippen molar-refractivity contribution in [2.45, 2.75) is 13.5 Å². The minimum absolute atomic E-state index is 0.191. The highest BCUT2D eigenvalue weighted by molar-refractivity contribution is 8.26. The Kier molecular flexibility index (Phi) is 6.01. The van der Waals surface area contributed by atoms with Crippen molar-refractivity contribution < 1.29 is 4.79 Å². The molecule has 33 heavy (non-hydrogen) atoms. The van der Waals surface area contributed by atoms with Crippen molar-refractivity contribution in [2.75, 3.05) is 31.1 Å². The van der Waals surface area contributed by atoms with Crippen molar-refractivity contribution in [3.63, 3.8) is 0 Å². The van der Waals surface area contributed by atoms with Gasteiger partial charge in [-0.2, -0.15) is 0 Å². The average Bonchev–Trinajstić information content (AvgIpc) is 3.13. The van der Waals surface area contributed by atoms with Gasteiger partial charge in [0.25, 0.3) is 11.5 Å². The Morgan fingerprint density at radius 2 is 1.85 bits per heavy atom. The molecule has 4 heterocycles. The van der Waals surface area contributed by atoms with Crippen LogP contribution in [0.5, 0.6) is 0 Å². The zero-order valence-electron chi connectivity index (χ0n) is 18.2. The molecule has 0 aliphatic carbocycles. The molecule has 0 spiro atoms. The Bertz CT molecular complexity index is 1330. The molecule has 0 saturated carbocycles. The van der Waals surface area contributed by atoms with E-state index < -0.39 is 0 Å². The molecule has 3 aromatic rings. The summed E-state index contributed by atoms with van der Waals surface area (Å²) in [6.07, 6.45) is 3.41. The number of rotatable bonds is 4. The summed E-state index contributed by atoms with van der Waals surface area (Å²) in [4.78, 5) is 35.6. The topological polar surface area (TPSA) is 70.0 Å². The van der Waals surface area contributed by atoms with Gasteiger partial charge in [0.15, 0.2) is 0 Å². The number of fused-ring (bicyclic) bond motifs is 1. The normalized spacial score (nSPS) is 18.3. The average molecular weight is 478 g/mol. The lowest BCUT2D eigenvalue weighted by molar-refractivity contribution is -0.115. The van der Waals surface area contributed by atoms with E-state index in [0.29, 0.717) is 26.3 Å². The maximum Gasteiger partial charge on any atom is 0.267 e. The van der Waals surface area contributed by atoms with Gasteiger partial charge in [0, 0.05) is 38.9 Å². The van der Waals surface area contributed by atoms with Gasteiger partial charge >= 0.3 is 0 Å². The number of hydrogen-bond acceptors (Lipinski definition) is 7. The van der Waals surface area contributed by atoms with Crippen LogP contribution in [0.3, 0.4) is 0 Å². The van der Waals surface area contributed by atoms with Crippen molar-refractivity contribution >= 4 is 51.7 Å². The molecular weight excluding hydrogens is 454 g/mol. The highest BCUT2D eigenvalue weighted by Crippen LogP contribution is 2.28. The molecule has 1 amide bonds. The van der Waals surface area contributed by atoms with Crippen LogP contribution < -0.4 is 15.8 Å². The zero-order chi connectivity index (χ0) is 22.9. The fraction of sp³-hybridized carbons (Fsp3) is 0.250. The first-order valence-electron chi connectivity index (χ1n) is 10.8. The lowest BCUT2D eigenvalue weighted by Gasteiger charge is -2.36. The van der Waals surface area contributed by atoms with Crippen LogP contribution in [0.1, 0.15) is 16.7 Å². The molecule has 2 fully saturated rings. The number of piperazine rings is 1. The molecular formula is C24H23N5O2S2. The molecule has 1 aromatic carbocycles. The number of thioether (sulfide) groups is 1. The molecule has 1 N–H and O–H groups in total. The Labute approximate surface area is 201 Å². The van der Waals surface area contributed by atoms with E-state index in [1.807, 2.05) is 25.1 Å². The van der Waals surface area contributed by atoms with Crippen LogP contribution >= 0.6 is 24.0 Å². The Morgan fingerprint density at radius 1 is 1.09 bits per heavy atom. The summed E-state index contributed by atoms with van der Waals surface area (Å²) < 4.78 is 1.94. The lowest BCUT2D eigenvalue weighted by Crippen LogP contribution is -2.47. The SMILES string of the molecule is Cc1ccc2nc(N3CCN(Cc4ccccc4)CC3)c(/C=C3\SC(=S)NC3=O)c(=O)n2c1. The van der Waals surface area contributed by atoms with Crippen LogP contribution in [0, 0.1) is 6.92 Å². The number of benzene rings is 1. The standard InChI is InChI=1S/C24H23N5O2S2/c1-16-7-8-20-25-21(28-11-9-27(10-12-28)15-17-5-3-2-4-6-17)18(23(31)29(20)14-16)13-19-22(30)26-24(32)33-19/h2-8,13-14H,9-12,15H2,1H3,(H,26,30,32)/b19-13-. The first kappa shape index (κ1) is 21.8. The van der Waals surface area contributed by atoms with E-state index >= 15 is 0 Å². The van der Waals surface area contributed by atoms with Crippen LogP contribution in [0.4, 0.5) is 5.82 Å². The molecule has 5 rings (SSSR count). The van der Waals surface area contributed by atoms with Crippen LogP contribution in [0.25, 0.3) is 11.7 Å². The van der Waals surface area contributed by atoms with Gasteiger partial charge in [0.2, 0.25) is 0 Å². The van der Waals surface area contributed by atoms with Gasteiger partial charge in [-0.3, -0.25) is 18.9 Å². The van der Waals surface area contributed by atoms with Crippen LogP contribution in [-0.4, -0.2) is 50.7 Å². The fourth-order valence-corrected chi connectivity index (χ4v) is 5.15. The molecule has 0 radical (unpaired) electrons. The number of thiocarbonyl (C=S) groups is 1. The maximum absolute atomic E-state index is 13.5. The van der Waals surface area contributed by atoms with E-state index in [2.05, 4.69) is 39.4 Å². The van der Waals surface area contributed by atoms with Crippen molar-refractivity contribution in [1.82, 2.24) is 19.6 Å². The summed E-state index contributed by atoms with van der Waals surface area (Å²) in [5.74, 6) is 0.333. The molecule has 9 heteroatoms. The van der Waals surface area contributed by atoms with E-state index in [9.17, 15) is 9.59 Å². The largest absolute Gasteiger partial charge is 0.353 e. The number of aryl methyl sites for hydroxylation is 1. The predicted molar refractivity (Wildman–Crippen MR) is 136 cm³/mol. The fourth-order valence-electron chi connectivity index (χ4n) is 4.13. The van der Waals surface area contributed by atoms with Gasteiger partial charge in [-0.25, -0.2) is 4.98 Å². The number of carbonyl (C=O) groups is 1. The van der Waals surface area contributed by atoms with E-state index in [4.69, 9.17) is 17.2 Å². The number of carbonyl (C=O) groups excluding carboxylic acids is 1. The van der Waals surface area contributed by atoms with Gasteiger partial charge in [0.1, 0.15) is 15.8 Å². The third kappa shape index (κ3) is 4.57. The molecule has 2 aliphatic rings. The summed E-state index contributed by atoms with van der Waals surface area (Å²) in [6, 6.07) is 14.2. The van der Waals surface area contributed by atoms with E-state index in [-0.39, 0.29) is 11.5 Å². The van der Waals surface area contributed by atoms with Gasteiger partial charge in [0.05, 0.1) is 10.5 Å². The minimum atomic E-state index is -0.280. The van der Waals surface area contributed by atoms with Crippen molar-refractivity contribution in [3.8, 4) is 0 Å². The monoisotopic (exact) mass is 477 g/mol. The van der Waals surface area contributed by atoms with E-state index in [0.717, 1.165) is 38.3 Å². The predicted octanol–water partition coefficient (Wildman–Crippen LogP) is 2.81. The number of pyridine rings is 1. The summed E-state index contributed by atoms with van der Waals surface area (Å²) in [5.41, 5.74) is 3.06. The van der Waals surface area contributed by atoms with Gasteiger partial charge in [-0.1, -0.05) is 60.4 Å². The second-order valence-corrected chi connectivity index (χ2v) is 9.91. The molecule has 0 atom stereocenters. The minimum Gasteiger partial charge on any atom is -0.353 e. The number of nitrogens with one attached hydrogen (secondary N) is 1. The van der Waals surface area contributed by atoms with Crippen molar-refractivity contribution in [2.24, 2.45) is 0 Å². The highest BCUT2D eigenvalue weighted by atomic mass is 32.2. The smallest absolute Gasteiger partial charge is 0.267 e. The highest BCUT2D eigenvalue weighted by Gasteiger charge is 2.26. The lowest BCUT2D eigenvalue weighted by atomic mass is 10.2. The van der Waals surface area contributed by atoms with Crippen molar-refractivity contribution in [1.29, 1.82) is 0 Å². The Balaban J connectivity index is 1.49. The van der Waals surface area contributed by atoms with Crippen LogP contribution in [-0.2, 0) is 11.3 Å². The summed E-state index contributed by atoms with van der Waals surface area (Å²) in [7, 11) is 0. The van der Waals surface area contributed by atoms with Crippen LogP contribution in [0.15, 0.2) is 58.4 Å². The quantitative estimate of drug-likeness (QED) is 0.458. The Morgan fingerprint density at radius 3 is 2.55 bits per heavy atom. The molecule has 2 saturated heterocycles. The van der Waals surface area contributed by atoms with Crippen molar-refractivity contribution in [3.05, 3.63) is 80.6 Å². The number of nitrogens with zero attached hydrogens (tertiary/aromatic N) is 4. The van der Waals surface area contributed by atoms with E-state index in [1.54, 1.807) is 16.7 Å². The van der Waals surface area contributed by atoms with Gasteiger partial charge < -0.3 is 10.2 Å². The molecule has 0 bridgehead atoms. The molecule has 0 unspecified atom stereocenters. The van der Waals surface area contributed by atoms with Gasteiger partial charge in [-0.05, 0) is 30.2 Å². The number of anilines is 1. The molecule has 7 nitrogen and oxygen atoms in total. The first-order valence-corrected chi connectivity index (χ1v) is 12.0. The number of hydrogen-bond donors (Lipinski definition) is 1. The Hall–Kier alpha value is -3.01. The third-order valence-electron chi connectivity index (χ3n) is 5.82. The summed E-state index contributed by atoms with van der Waals surface area (Å²) in [6.45, 7) is 6.04. The second-order valence-electron chi connectivity index (χ2n) is 8.19. The maximum atomic E-state index is 13.5. The zero-order valence-corrected chi connectivity index (χ0v) is 19.8. The molecule has 2 aromatic heterocycles. The molecule has 2 aliphatic heterocycles. The molecule has 168 valence electrons. The summed E-state index contributed by atoms with van der Waals surface area (Å²) >= 11 is 6.29. The second kappa shape index (κ2) is 9.09. The van der Waals surface area contributed by atoms with Gasteiger partial charge in [-0.15, -0.1) is 0 Å². The third-order valence-corrected chi connectivity index (χ3v) is 6.99. The first-order chi connectivity index (χ1) is 16.0.